The molecule has 0 spiro atoms. The number of carbonyl (C=O) groups excluding carboxylic acids is 1. The molecule has 2 heterocycles. The highest BCUT2D eigenvalue weighted by atomic mass is 19.4. The third kappa shape index (κ3) is 7.35. The molecule has 0 aliphatic heterocycles. The molecule has 2 aromatic carbocycles. The average Bonchev–Trinajstić information content (AvgIpc) is 3.54. The van der Waals surface area contributed by atoms with Crippen molar-refractivity contribution in [3.8, 4) is 11.4 Å². The number of hydrogen-bond donors (Lipinski definition) is 0. The molecule has 0 amide bonds. The first-order valence-corrected chi connectivity index (χ1v) is 13.0. The maximum atomic E-state index is 13.0. The fourth-order valence-electron chi connectivity index (χ4n) is 4.33. The first-order chi connectivity index (χ1) is 18.9. The number of esters is 1. The van der Waals surface area contributed by atoms with E-state index in [-0.39, 0.29) is 6.61 Å². The Morgan fingerprint density at radius 1 is 0.950 bits per heavy atom. The molecule has 4 aromatic rings. The zero-order valence-electron chi connectivity index (χ0n) is 23.0. The maximum absolute atomic E-state index is 13.0. The Morgan fingerprint density at radius 3 is 2.25 bits per heavy atom. The summed E-state index contributed by atoms with van der Waals surface area (Å²) in [6.45, 7) is 9.11. The number of nitrogens with zero attached hydrogens (tertiary/aromatic N) is 2. The molecule has 9 heteroatoms. The fraction of sp³-hybridized carbons (Fsp3) is 0.323. The van der Waals surface area contributed by atoms with Gasteiger partial charge in [-0.15, -0.1) is 0 Å². The van der Waals surface area contributed by atoms with Crippen molar-refractivity contribution in [1.82, 2.24) is 9.47 Å². The zero-order chi connectivity index (χ0) is 28.9. The van der Waals surface area contributed by atoms with Crippen LogP contribution in [0.5, 0.6) is 5.75 Å². The SMILES string of the molecule is CCOC(=O)C(C)(C)Oc1ccc(CN(Cc2ccco2)Cc2cn(-c3ccc(C(F)(F)F)cc3)cc2C)cc1. The average molecular weight is 555 g/mol. The van der Waals surface area contributed by atoms with Crippen LogP contribution < -0.4 is 4.74 Å². The van der Waals surface area contributed by atoms with E-state index in [9.17, 15) is 18.0 Å². The number of halogens is 3. The topological polar surface area (TPSA) is 56.8 Å². The van der Waals surface area contributed by atoms with E-state index >= 15 is 0 Å². The van der Waals surface area contributed by atoms with Gasteiger partial charge in [-0.1, -0.05) is 12.1 Å². The van der Waals surface area contributed by atoms with E-state index in [0.29, 0.717) is 31.1 Å². The number of alkyl halides is 3. The van der Waals surface area contributed by atoms with Gasteiger partial charge in [-0.2, -0.15) is 13.2 Å². The standard InChI is InChI=1S/C31H33F3N2O4/c1-5-38-29(37)30(3,4)40-27-14-8-23(9-15-27)18-35(21-28-7-6-16-39-28)19-24-20-36(17-22(24)2)26-12-10-25(11-13-26)31(32,33)34/h6-17,20H,5,18-19,21H2,1-4H3. The van der Waals surface area contributed by atoms with E-state index < -0.39 is 23.3 Å². The van der Waals surface area contributed by atoms with Crippen LogP contribution in [0.25, 0.3) is 5.69 Å². The van der Waals surface area contributed by atoms with Crippen molar-refractivity contribution in [1.29, 1.82) is 0 Å². The van der Waals surface area contributed by atoms with Crippen LogP contribution in [-0.4, -0.2) is 27.6 Å². The fourth-order valence-corrected chi connectivity index (χ4v) is 4.33. The second-order valence-electron chi connectivity index (χ2n) is 10.1. The van der Waals surface area contributed by atoms with Crippen LogP contribution in [0, 0.1) is 6.92 Å². The maximum Gasteiger partial charge on any atom is 0.416 e. The predicted molar refractivity (Wildman–Crippen MR) is 145 cm³/mol. The van der Waals surface area contributed by atoms with Crippen molar-refractivity contribution < 1.29 is 31.9 Å². The van der Waals surface area contributed by atoms with E-state index in [1.54, 1.807) is 27.0 Å². The summed E-state index contributed by atoms with van der Waals surface area (Å²) in [6, 6.07) is 16.4. The molecule has 4 rings (SSSR count). The summed E-state index contributed by atoms with van der Waals surface area (Å²) >= 11 is 0. The Hall–Kier alpha value is -3.98. The number of carbonyl (C=O) groups is 1. The van der Waals surface area contributed by atoms with Crippen molar-refractivity contribution >= 4 is 5.97 Å². The molecule has 40 heavy (non-hydrogen) atoms. The Balaban J connectivity index is 1.49. The normalized spacial score (nSPS) is 12.1. The minimum atomic E-state index is -4.37. The molecule has 0 aliphatic carbocycles. The predicted octanol–water partition coefficient (Wildman–Crippen LogP) is 7.32. The first kappa shape index (κ1) is 29.0. The van der Waals surface area contributed by atoms with Gasteiger partial charge in [0, 0.05) is 31.2 Å². The zero-order valence-corrected chi connectivity index (χ0v) is 23.0. The summed E-state index contributed by atoms with van der Waals surface area (Å²) in [5.74, 6) is 0.946. The number of benzene rings is 2. The molecule has 0 saturated heterocycles. The van der Waals surface area contributed by atoms with Gasteiger partial charge in [-0.3, -0.25) is 4.90 Å². The Morgan fingerprint density at radius 2 is 1.65 bits per heavy atom. The summed E-state index contributed by atoms with van der Waals surface area (Å²) in [5, 5.41) is 0. The summed E-state index contributed by atoms with van der Waals surface area (Å²) in [7, 11) is 0. The van der Waals surface area contributed by atoms with E-state index in [0.717, 1.165) is 34.6 Å². The highest BCUT2D eigenvalue weighted by molar-refractivity contribution is 5.79. The molecule has 0 radical (unpaired) electrons. The lowest BCUT2D eigenvalue weighted by atomic mass is 10.1. The van der Waals surface area contributed by atoms with Crippen molar-refractivity contribution in [2.75, 3.05) is 6.61 Å². The molecule has 0 unspecified atom stereocenters. The number of hydrogen-bond acceptors (Lipinski definition) is 5. The third-order valence-corrected chi connectivity index (χ3v) is 6.45. The van der Waals surface area contributed by atoms with Gasteiger partial charge < -0.3 is 18.5 Å². The summed E-state index contributed by atoms with van der Waals surface area (Å²) in [6.07, 6.45) is 1.13. The molecular formula is C31H33F3N2O4. The highest BCUT2D eigenvalue weighted by Crippen LogP contribution is 2.30. The second kappa shape index (κ2) is 12.0. The smallest absolute Gasteiger partial charge is 0.416 e. The second-order valence-corrected chi connectivity index (χ2v) is 10.1. The molecule has 0 fully saturated rings. The Labute approximate surface area is 231 Å². The van der Waals surface area contributed by atoms with Gasteiger partial charge in [0.25, 0.3) is 0 Å². The number of ether oxygens (including phenoxy) is 2. The summed E-state index contributed by atoms with van der Waals surface area (Å²) < 4.78 is 57.3. The van der Waals surface area contributed by atoms with Crippen LogP contribution in [0.4, 0.5) is 13.2 Å². The van der Waals surface area contributed by atoms with Gasteiger partial charge in [-0.05, 0) is 92.9 Å². The van der Waals surface area contributed by atoms with Crippen LogP contribution in [0.2, 0.25) is 0 Å². The molecule has 0 saturated carbocycles. The minimum absolute atomic E-state index is 0.281. The molecule has 0 aliphatic rings. The minimum Gasteiger partial charge on any atom is -0.476 e. The molecule has 212 valence electrons. The van der Waals surface area contributed by atoms with E-state index in [1.807, 2.05) is 60.3 Å². The summed E-state index contributed by atoms with van der Waals surface area (Å²) in [5.41, 5.74) is 1.97. The van der Waals surface area contributed by atoms with Crippen LogP contribution >= 0.6 is 0 Å². The van der Waals surface area contributed by atoms with Crippen molar-refractivity contribution in [2.24, 2.45) is 0 Å². The lowest BCUT2D eigenvalue weighted by Crippen LogP contribution is -2.39. The molecular weight excluding hydrogens is 521 g/mol. The molecule has 0 N–H and O–H groups in total. The van der Waals surface area contributed by atoms with Crippen molar-refractivity contribution in [3.05, 3.63) is 107 Å². The van der Waals surface area contributed by atoms with Crippen LogP contribution in [0.15, 0.2) is 83.7 Å². The van der Waals surface area contributed by atoms with Gasteiger partial charge in [0.15, 0.2) is 5.60 Å². The van der Waals surface area contributed by atoms with E-state index in [4.69, 9.17) is 13.9 Å². The quantitative estimate of drug-likeness (QED) is 0.182. The number of furan rings is 1. The van der Waals surface area contributed by atoms with Crippen molar-refractivity contribution in [2.45, 2.75) is 59.1 Å². The lowest BCUT2D eigenvalue weighted by Gasteiger charge is -2.24. The highest BCUT2D eigenvalue weighted by Gasteiger charge is 2.32. The van der Waals surface area contributed by atoms with Crippen LogP contribution in [-0.2, 0) is 35.3 Å². The lowest BCUT2D eigenvalue weighted by molar-refractivity contribution is -0.158. The largest absolute Gasteiger partial charge is 0.476 e. The van der Waals surface area contributed by atoms with Gasteiger partial charge in [0.05, 0.1) is 25.0 Å². The van der Waals surface area contributed by atoms with Crippen molar-refractivity contribution in [3.63, 3.8) is 0 Å². The molecule has 0 atom stereocenters. The number of rotatable bonds is 11. The van der Waals surface area contributed by atoms with Gasteiger partial charge in [0.1, 0.15) is 11.5 Å². The molecule has 0 bridgehead atoms. The third-order valence-electron chi connectivity index (χ3n) is 6.45. The summed E-state index contributed by atoms with van der Waals surface area (Å²) in [4.78, 5) is 14.4. The number of aryl methyl sites for hydroxylation is 1. The van der Waals surface area contributed by atoms with Gasteiger partial charge >= 0.3 is 12.1 Å². The van der Waals surface area contributed by atoms with Gasteiger partial charge in [0.2, 0.25) is 0 Å². The molecule has 2 aromatic heterocycles. The molecule has 6 nitrogen and oxygen atoms in total. The Bertz CT molecular complexity index is 1390. The van der Waals surface area contributed by atoms with Gasteiger partial charge in [-0.25, -0.2) is 4.79 Å². The Kier molecular flexibility index (Phi) is 8.73. The van der Waals surface area contributed by atoms with E-state index in [1.165, 1.54) is 12.1 Å². The van der Waals surface area contributed by atoms with Crippen LogP contribution in [0.3, 0.4) is 0 Å². The first-order valence-electron chi connectivity index (χ1n) is 13.0. The van der Waals surface area contributed by atoms with E-state index in [2.05, 4.69) is 4.90 Å². The number of aromatic nitrogens is 1. The van der Waals surface area contributed by atoms with Crippen LogP contribution in [0.1, 0.15) is 48.8 Å². The monoisotopic (exact) mass is 554 g/mol.